The number of cyclic esters (lactones) is 1. The lowest BCUT2D eigenvalue weighted by molar-refractivity contribution is 0.0534. The summed E-state index contributed by atoms with van der Waals surface area (Å²) in [4.78, 5) is 11.2. The number of methoxy groups -OCH3 is 2. The van der Waals surface area contributed by atoms with E-state index >= 15 is 0 Å². The summed E-state index contributed by atoms with van der Waals surface area (Å²) in [6, 6.07) is 3.39. The van der Waals surface area contributed by atoms with E-state index in [0.717, 1.165) is 5.56 Å². The highest BCUT2D eigenvalue weighted by molar-refractivity contribution is 5.94. The van der Waals surface area contributed by atoms with Crippen molar-refractivity contribution < 1.29 is 19.0 Å². The van der Waals surface area contributed by atoms with Gasteiger partial charge in [0.15, 0.2) is 11.5 Å². The van der Waals surface area contributed by atoms with Gasteiger partial charge in [0.1, 0.15) is 6.61 Å². The van der Waals surface area contributed by atoms with Crippen LogP contribution >= 0.6 is 0 Å². The van der Waals surface area contributed by atoms with Crippen LogP contribution in [0.3, 0.4) is 0 Å². The Kier molecular flexibility index (Phi) is 2.04. The smallest absolute Gasteiger partial charge is 0.339 e. The van der Waals surface area contributed by atoms with E-state index in [0.29, 0.717) is 17.1 Å². The second kappa shape index (κ2) is 3.21. The molecule has 0 radical (unpaired) electrons. The molecule has 0 atom stereocenters. The minimum absolute atomic E-state index is 0.258. The second-order valence-electron chi connectivity index (χ2n) is 2.90. The van der Waals surface area contributed by atoms with Crippen LogP contribution in [0.2, 0.25) is 0 Å². The molecule has 0 spiro atoms. The van der Waals surface area contributed by atoms with Crippen LogP contribution in [0.15, 0.2) is 12.1 Å². The molecule has 2 rings (SSSR count). The van der Waals surface area contributed by atoms with Crippen LogP contribution in [-0.4, -0.2) is 20.2 Å². The highest BCUT2D eigenvalue weighted by Crippen LogP contribution is 2.36. The van der Waals surface area contributed by atoms with E-state index in [4.69, 9.17) is 14.2 Å². The summed E-state index contributed by atoms with van der Waals surface area (Å²) in [6.45, 7) is 0.258. The number of carbonyl (C=O) groups is 1. The summed E-state index contributed by atoms with van der Waals surface area (Å²) >= 11 is 0. The Balaban J connectivity index is 2.59. The standard InChI is InChI=1S/C10H10O4/c1-12-8-4-3-6-7(9(8)13-2)5-14-10(6)11/h3-4H,5H2,1-2H3. The number of rotatable bonds is 2. The molecule has 0 fully saturated rings. The van der Waals surface area contributed by atoms with Gasteiger partial charge in [-0.3, -0.25) is 0 Å². The van der Waals surface area contributed by atoms with E-state index in [1.54, 1.807) is 26.4 Å². The summed E-state index contributed by atoms with van der Waals surface area (Å²) in [5, 5.41) is 0. The van der Waals surface area contributed by atoms with Crippen LogP contribution in [0, 0.1) is 0 Å². The predicted octanol–water partition coefficient (Wildman–Crippen LogP) is 1.37. The van der Waals surface area contributed by atoms with Gasteiger partial charge in [0.05, 0.1) is 19.8 Å². The van der Waals surface area contributed by atoms with Gasteiger partial charge >= 0.3 is 5.97 Å². The van der Waals surface area contributed by atoms with Crippen LogP contribution < -0.4 is 9.47 Å². The molecule has 0 saturated carbocycles. The van der Waals surface area contributed by atoms with E-state index in [2.05, 4.69) is 0 Å². The van der Waals surface area contributed by atoms with Gasteiger partial charge in [0, 0.05) is 5.56 Å². The molecule has 1 aliphatic heterocycles. The van der Waals surface area contributed by atoms with Gasteiger partial charge in [0.25, 0.3) is 0 Å². The molecule has 1 heterocycles. The first-order valence-corrected chi connectivity index (χ1v) is 4.19. The summed E-state index contributed by atoms with van der Waals surface area (Å²) in [6.07, 6.45) is 0. The molecule has 4 nitrogen and oxygen atoms in total. The summed E-state index contributed by atoms with van der Waals surface area (Å²) in [5.74, 6) is 0.890. The zero-order valence-electron chi connectivity index (χ0n) is 7.99. The van der Waals surface area contributed by atoms with Crippen molar-refractivity contribution in [2.75, 3.05) is 14.2 Å². The second-order valence-corrected chi connectivity index (χ2v) is 2.90. The number of carbonyl (C=O) groups excluding carboxylic acids is 1. The first kappa shape index (κ1) is 8.87. The van der Waals surface area contributed by atoms with Gasteiger partial charge in [-0.05, 0) is 12.1 Å². The Morgan fingerprint density at radius 2 is 2.07 bits per heavy atom. The fourth-order valence-corrected chi connectivity index (χ4v) is 1.54. The first-order valence-electron chi connectivity index (χ1n) is 4.19. The maximum atomic E-state index is 11.2. The molecule has 1 aromatic carbocycles. The number of fused-ring (bicyclic) bond motifs is 1. The average molecular weight is 194 g/mol. The lowest BCUT2D eigenvalue weighted by Crippen LogP contribution is -1.97. The van der Waals surface area contributed by atoms with Crippen LogP contribution in [0.4, 0.5) is 0 Å². The van der Waals surface area contributed by atoms with Crippen molar-refractivity contribution in [3.05, 3.63) is 23.3 Å². The monoisotopic (exact) mass is 194 g/mol. The van der Waals surface area contributed by atoms with Gasteiger partial charge in [-0.2, -0.15) is 0 Å². The largest absolute Gasteiger partial charge is 0.493 e. The van der Waals surface area contributed by atoms with E-state index < -0.39 is 0 Å². The van der Waals surface area contributed by atoms with Crippen LogP contribution in [0.25, 0.3) is 0 Å². The SMILES string of the molecule is COc1ccc2c(c1OC)COC2=O. The molecule has 0 bridgehead atoms. The number of hydrogen-bond donors (Lipinski definition) is 0. The average Bonchev–Trinajstić information content (AvgIpc) is 2.59. The van der Waals surface area contributed by atoms with Crippen molar-refractivity contribution in [2.45, 2.75) is 6.61 Å². The molecule has 0 amide bonds. The fraction of sp³-hybridized carbons (Fsp3) is 0.300. The maximum Gasteiger partial charge on any atom is 0.339 e. The topological polar surface area (TPSA) is 44.8 Å². The van der Waals surface area contributed by atoms with E-state index in [9.17, 15) is 4.79 Å². The minimum Gasteiger partial charge on any atom is -0.493 e. The molecule has 0 unspecified atom stereocenters. The minimum atomic E-state index is -0.305. The van der Waals surface area contributed by atoms with E-state index in [1.165, 1.54) is 0 Å². The van der Waals surface area contributed by atoms with Gasteiger partial charge in [-0.15, -0.1) is 0 Å². The van der Waals surface area contributed by atoms with Crippen LogP contribution in [0.5, 0.6) is 11.5 Å². The molecule has 74 valence electrons. The summed E-state index contributed by atoms with van der Waals surface area (Å²) in [7, 11) is 3.10. The molecule has 14 heavy (non-hydrogen) atoms. The first-order chi connectivity index (χ1) is 6.77. The van der Waals surface area contributed by atoms with Crippen molar-refractivity contribution in [1.82, 2.24) is 0 Å². The molecule has 4 heteroatoms. The zero-order chi connectivity index (χ0) is 10.1. The molecule has 0 N–H and O–H groups in total. The van der Waals surface area contributed by atoms with Gasteiger partial charge in [0.2, 0.25) is 0 Å². The van der Waals surface area contributed by atoms with Crippen molar-refractivity contribution in [3.63, 3.8) is 0 Å². The molecular weight excluding hydrogens is 184 g/mol. The van der Waals surface area contributed by atoms with E-state index in [-0.39, 0.29) is 12.6 Å². The Labute approximate surface area is 81.4 Å². The fourth-order valence-electron chi connectivity index (χ4n) is 1.54. The normalized spacial score (nSPS) is 13.4. The van der Waals surface area contributed by atoms with Crippen molar-refractivity contribution >= 4 is 5.97 Å². The number of benzene rings is 1. The highest BCUT2D eigenvalue weighted by Gasteiger charge is 2.26. The van der Waals surface area contributed by atoms with Crippen molar-refractivity contribution in [1.29, 1.82) is 0 Å². The Bertz CT molecular complexity index is 384. The lowest BCUT2D eigenvalue weighted by Gasteiger charge is -2.09. The molecule has 1 aliphatic rings. The quantitative estimate of drug-likeness (QED) is 0.667. The zero-order valence-corrected chi connectivity index (χ0v) is 7.99. The third-order valence-corrected chi connectivity index (χ3v) is 2.22. The van der Waals surface area contributed by atoms with Crippen LogP contribution in [0.1, 0.15) is 15.9 Å². The number of hydrogen-bond acceptors (Lipinski definition) is 4. The Hall–Kier alpha value is -1.71. The molecule has 0 aromatic heterocycles. The van der Waals surface area contributed by atoms with Gasteiger partial charge in [-0.1, -0.05) is 0 Å². The lowest BCUT2D eigenvalue weighted by atomic mass is 10.1. The van der Waals surface area contributed by atoms with Crippen LogP contribution in [-0.2, 0) is 11.3 Å². The number of ether oxygens (including phenoxy) is 3. The predicted molar refractivity (Wildman–Crippen MR) is 48.7 cm³/mol. The van der Waals surface area contributed by atoms with Gasteiger partial charge < -0.3 is 14.2 Å². The van der Waals surface area contributed by atoms with E-state index in [1.807, 2.05) is 0 Å². The van der Waals surface area contributed by atoms with Gasteiger partial charge in [-0.25, -0.2) is 4.79 Å². The maximum absolute atomic E-state index is 11.2. The molecule has 0 aliphatic carbocycles. The Morgan fingerprint density at radius 1 is 1.29 bits per heavy atom. The van der Waals surface area contributed by atoms with Crippen molar-refractivity contribution in [2.24, 2.45) is 0 Å². The Morgan fingerprint density at radius 3 is 2.71 bits per heavy atom. The highest BCUT2D eigenvalue weighted by atomic mass is 16.5. The molecular formula is C10H10O4. The third kappa shape index (κ3) is 1.11. The molecule has 0 saturated heterocycles. The summed E-state index contributed by atoms with van der Waals surface area (Å²) < 4.78 is 15.2. The third-order valence-electron chi connectivity index (χ3n) is 2.22. The number of esters is 1. The molecule has 1 aromatic rings. The summed E-state index contributed by atoms with van der Waals surface area (Å²) in [5.41, 5.74) is 1.32. The van der Waals surface area contributed by atoms with Crippen molar-refractivity contribution in [3.8, 4) is 11.5 Å².